The summed E-state index contributed by atoms with van der Waals surface area (Å²) in [5, 5.41) is 2.80. The Bertz CT molecular complexity index is 682. The van der Waals surface area contributed by atoms with Crippen LogP contribution in [0, 0.1) is 0 Å². The number of sulfonamides is 1. The summed E-state index contributed by atoms with van der Waals surface area (Å²) in [4.78, 5) is 11.8. The third-order valence-electron chi connectivity index (χ3n) is 4.53. The average Bonchev–Trinajstić information content (AvgIpc) is 2.72. The van der Waals surface area contributed by atoms with Crippen LogP contribution in [0.25, 0.3) is 0 Å². The van der Waals surface area contributed by atoms with Gasteiger partial charge in [0.2, 0.25) is 15.9 Å². The van der Waals surface area contributed by atoms with Crippen molar-refractivity contribution < 1.29 is 13.2 Å². The molecule has 0 fully saturated rings. The number of carbonyl (C=O) groups excluding carboxylic acids is 1. The molecule has 4 N–H and O–H groups in total. The highest BCUT2D eigenvalue weighted by Gasteiger charge is 2.25. The number of amides is 1. The van der Waals surface area contributed by atoms with E-state index in [2.05, 4.69) is 10.0 Å². The van der Waals surface area contributed by atoms with Crippen molar-refractivity contribution >= 4 is 21.6 Å². The van der Waals surface area contributed by atoms with Crippen LogP contribution >= 0.6 is 0 Å². The Kier molecular flexibility index (Phi) is 5.44. The van der Waals surface area contributed by atoms with E-state index in [0.717, 1.165) is 5.56 Å². The fourth-order valence-electron chi connectivity index (χ4n) is 2.54. The number of aryl methyl sites for hydroxylation is 1. The number of carbonyl (C=O) groups is 1. The third kappa shape index (κ3) is 4.31. The van der Waals surface area contributed by atoms with Gasteiger partial charge in [0.1, 0.15) is 0 Å². The van der Waals surface area contributed by atoms with Crippen LogP contribution in [0.2, 0.25) is 0 Å². The Morgan fingerprint density at radius 3 is 2.61 bits per heavy atom. The van der Waals surface area contributed by atoms with Gasteiger partial charge in [0.05, 0.1) is 4.90 Å². The number of nitrogens with two attached hydrogens (primary N) is 1. The van der Waals surface area contributed by atoms with Crippen LogP contribution < -0.4 is 15.8 Å². The van der Waals surface area contributed by atoms with Gasteiger partial charge in [-0.15, -0.1) is 0 Å². The number of nitrogens with one attached hydrogen (secondary N) is 2. The van der Waals surface area contributed by atoms with Crippen molar-refractivity contribution in [1.82, 2.24) is 4.72 Å². The van der Waals surface area contributed by atoms with E-state index in [4.69, 9.17) is 5.73 Å². The van der Waals surface area contributed by atoms with Gasteiger partial charge in [-0.2, -0.15) is 0 Å². The number of anilines is 1. The molecule has 23 heavy (non-hydrogen) atoms. The van der Waals surface area contributed by atoms with E-state index in [9.17, 15) is 13.2 Å². The van der Waals surface area contributed by atoms with Gasteiger partial charge in [0.15, 0.2) is 0 Å². The Balaban J connectivity index is 2.21. The lowest BCUT2D eigenvalue weighted by Gasteiger charge is -2.26. The summed E-state index contributed by atoms with van der Waals surface area (Å²) >= 11 is 0. The third-order valence-corrected chi connectivity index (χ3v) is 5.93. The Hall–Kier alpha value is -1.44. The van der Waals surface area contributed by atoms with Crippen molar-refractivity contribution in [3.8, 4) is 0 Å². The molecule has 0 aromatic heterocycles. The van der Waals surface area contributed by atoms with Crippen molar-refractivity contribution in [3.05, 3.63) is 23.8 Å². The van der Waals surface area contributed by atoms with Gasteiger partial charge >= 0.3 is 0 Å². The predicted molar refractivity (Wildman–Crippen MR) is 90.7 cm³/mol. The fraction of sp³-hybridized carbons (Fsp3) is 0.562. The first-order valence-corrected chi connectivity index (χ1v) is 9.49. The van der Waals surface area contributed by atoms with Crippen LogP contribution in [0.3, 0.4) is 0 Å². The minimum atomic E-state index is -3.62. The van der Waals surface area contributed by atoms with E-state index in [1.54, 1.807) is 12.1 Å². The van der Waals surface area contributed by atoms with Crippen molar-refractivity contribution in [2.24, 2.45) is 5.73 Å². The van der Waals surface area contributed by atoms with Crippen molar-refractivity contribution in [3.63, 3.8) is 0 Å². The molecular formula is C16H25N3O3S. The lowest BCUT2D eigenvalue weighted by atomic mass is 9.95. The minimum Gasteiger partial charge on any atom is -0.326 e. The van der Waals surface area contributed by atoms with Crippen molar-refractivity contribution in [2.45, 2.75) is 56.4 Å². The molecule has 1 heterocycles. The second-order valence-corrected chi connectivity index (χ2v) is 7.88. The van der Waals surface area contributed by atoms with Gasteiger partial charge in [-0.25, -0.2) is 13.1 Å². The molecule has 0 spiro atoms. The smallest absolute Gasteiger partial charge is 0.240 e. The molecule has 0 saturated heterocycles. The van der Waals surface area contributed by atoms with Gasteiger partial charge < -0.3 is 11.1 Å². The summed E-state index contributed by atoms with van der Waals surface area (Å²) < 4.78 is 27.6. The second kappa shape index (κ2) is 6.98. The molecule has 1 aliphatic heterocycles. The van der Waals surface area contributed by atoms with E-state index in [1.165, 1.54) is 6.07 Å². The topological polar surface area (TPSA) is 101 Å². The highest BCUT2D eigenvalue weighted by atomic mass is 32.2. The Labute approximate surface area is 137 Å². The highest BCUT2D eigenvalue weighted by molar-refractivity contribution is 7.89. The van der Waals surface area contributed by atoms with E-state index >= 15 is 0 Å². The standard InChI is InChI=1S/C16H25N3O3S/c1-3-16(17,4-2)11-18-23(21,22)13-8-9-14-12(10-13)6-5-7-15(20)19-14/h8-10,18H,3-7,11,17H2,1-2H3,(H,19,20). The SMILES string of the molecule is CCC(N)(CC)CNS(=O)(=O)c1ccc2c(c1)CCCC(=O)N2. The molecule has 0 saturated carbocycles. The second-order valence-electron chi connectivity index (χ2n) is 6.11. The quantitative estimate of drug-likeness (QED) is 0.735. The van der Waals surface area contributed by atoms with Gasteiger partial charge in [-0.05, 0) is 49.4 Å². The minimum absolute atomic E-state index is 0.0312. The molecule has 0 aliphatic carbocycles. The zero-order valence-electron chi connectivity index (χ0n) is 13.7. The van der Waals surface area contributed by atoms with Gasteiger partial charge in [-0.3, -0.25) is 4.79 Å². The van der Waals surface area contributed by atoms with Gasteiger partial charge in [-0.1, -0.05) is 13.8 Å². The maximum atomic E-state index is 12.5. The molecule has 1 aromatic carbocycles. The molecule has 0 atom stereocenters. The summed E-state index contributed by atoms with van der Waals surface area (Å²) in [5.41, 5.74) is 7.17. The first-order chi connectivity index (χ1) is 10.8. The number of hydrogen-bond acceptors (Lipinski definition) is 4. The summed E-state index contributed by atoms with van der Waals surface area (Å²) in [6.07, 6.45) is 3.25. The predicted octanol–water partition coefficient (Wildman–Crippen LogP) is 1.76. The average molecular weight is 339 g/mol. The van der Waals surface area contributed by atoms with Crippen LogP contribution in [-0.2, 0) is 21.2 Å². The monoisotopic (exact) mass is 339 g/mol. The van der Waals surface area contributed by atoms with Crippen LogP contribution in [0.15, 0.2) is 23.1 Å². The van der Waals surface area contributed by atoms with Gasteiger partial charge in [0.25, 0.3) is 0 Å². The zero-order chi connectivity index (χ0) is 17.1. The number of benzene rings is 1. The molecule has 1 aromatic rings. The molecule has 7 heteroatoms. The lowest BCUT2D eigenvalue weighted by molar-refractivity contribution is -0.116. The van der Waals surface area contributed by atoms with E-state index in [-0.39, 0.29) is 17.3 Å². The van der Waals surface area contributed by atoms with Crippen molar-refractivity contribution in [2.75, 3.05) is 11.9 Å². The number of rotatable bonds is 6. The molecule has 0 bridgehead atoms. The summed E-state index contributed by atoms with van der Waals surface area (Å²) in [7, 11) is -3.62. The maximum absolute atomic E-state index is 12.5. The van der Waals surface area contributed by atoms with Gasteiger partial charge in [0, 0.05) is 24.2 Å². The van der Waals surface area contributed by atoms with Crippen molar-refractivity contribution in [1.29, 1.82) is 0 Å². The van der Waals surface area contributed by atoms with Crippen LogP contribution in [0.4, 0.5) is 5.69 Å². The van der Waals surface area contributed by atoms with Crippen LogP contribution in [0.5, 0.6) is 0 Å². The highest BCUT2D eigenvalue weighted by Crippen LogP contribution is 2.25. The summed E-state index contributed by atoms with van der Waals surface area (Å²) in [6.45, 7) is 4.10. The first-order valence-electron chi connectivity index (χ1n) is 8.01. The fourth-order valence-corrected chi connectivity index (χ4v) is 3.73. The van der Waals surface area contributed by atoms with E-state index < -0.39 is 15.6 Å². The maximum Gasteiger partial charge on any atom is 0.240 e. The molecule has 0 unspecified atom stereocenters. The Morgan fingerprint density at radius 1 is 1.26 bits per heavy atom. The summed E-state index contributed by atoms with van der Waals surface area (Å²) in [5.74, 6) is -0.0312. The van der Waals surface area contributed by atoms with Crippen LogP contribution in [0.1, 0.15) is 45.1 Å². The number of hydrogen-bond donors (Lipinski definition) is 3. The van der Waals surface area contributed by atoms with E-state index in [1.807, 2.05) is 13.8 Å². The largest absolute Gasteiger partial charge is 0.326 e. The number of fused-ring (bicyclic) bond motifs is 1. The normalized spacial score (nSPS) is 15.7. The zero-order valence-corrected chi connectivity index (χ0v) is 14.5. The lowest BCUT2D eigenvalue weighted by Crippen LogP contribution is -2.49. The first kappa shape index (κ1) is 17.9. The molecular weight excluding hydrogens is 314 g/mol. The van der Waals surface area contributed by atoms with E-state index in [0.29, 0.717) is 37.8 Å². The molecule has 1 amide bonds. The Morgan fingerprint density at radius 2 is 1.96 bits per heavy atom. The molecule has 128 valence electrons. The molecule has 6 nitrogen and oxygen atoms in total. The molecule has 1 aliphatic rings. The molecule has 0 radical (unpaired) electrons. The summed E-state index contributed by atoms with van der Waals surface area (Å²) in [6, 6.07) is 4.81. The molecule has 2 rings (SSSR count). The van der Waals surface area contributed by atoms with Crippen LogP contribution in [-0.4, -0.2) is 26.4 Å².